The van der Waals surface area contributed by atoms with E-state index in [1.165, 1.54) is 0 Å². The molecule has 3 nitrogen and oxygen atoms in total. The van der Waals surface area contributed by atoms with Gasteiger partial charge in [-0.1, -0.05) is 18.2 Å². The third kappa shape index (κ3) is 1.97. The number of para-hydroxylation sites is 1. The molecule has 58 valence electrons. The number of nitrogens with one attached hydrogen (secondary N) is 1. The van der Waals surface area contributed by atoms with E-state index in [9.17, 15) is 4.79 Å². The van der Waals surface area contributed by atoms with Crippen LogP contribution in [-0.2, 0) is 4.79 Å². The number of anilines is 1. The van der Waals surface area contributed by atoms with E-state index < -0.39 is 0 Å². The first-order valence-electron chi connectivity index (χ1n) is 3.33. The Balaban J connectivity index is 2.68. The van der Waals surface area contributed by atoms with Crippen LogP contribution in [0.15, 0.2) is 30.3 Å². The second kappa shape index (κ2) is 3.61. The van der Waals surface area contributed by atoms with Crippen molar-refractivity contribution in [3.8, 4) is 0 Å². The van der Waals surface area contributed by atoms with E-state index in [2.05, 4.69) is 5.43 Å². The molecular weight excluding hydrogens is 140 g/mol. The normalized spacial score (nSPS) is 8.82. The highest BCUT2D eigenvalue weighted by atomic mass is 16.1. The number of hydrogen-bond donors (Lipinski definition) is 1. The van der Waals surface area contributed by atoms with Crippen LogP contribution in [0.2, 0.25) is 0 Å². The van der Waals surface area contributed by atoms with Crippen LogP contribution in [-0.4, -0.2) is 13.5 Å². The zero-order valence-electron chi connectivity index (χ0n) is 6.32. The van der Waals surface area contributed by atoms with Crippen molar-refractivity contribution in [2.45, 2.75) is 0 Å². The van der Waals surface area contributed by atoms with Crippen LogP contribution < -0.4 is 10.4 Å². The fraction of sp³-hybridized carbons (Fsp3) is 0.125. The summed E-state index contributed by atoms with van der Waals surface area (Å²) in [6, 6.07) is 9.59. The molecule has 0 heterocycles. The Kier molecular flexibility index (Phi) is 2.49. The summed E-state index contributed by atoms with van der Waals surface area (Å²) >= 11 is 0. The number of hydrogen-bond acceptors (Lipinski definition) is 2. The number of carbonyl (C=O) groups excluding carboxylic acids is 1. The molecule has 0 spiro atoms. The first-order chi connectivity index (χ1) is 5.34. The SMILES string of the molecule is CN(NC=O)c1ccccc1. The lowest BCUT2D eigenvalue weighted by Crippen LogP contribution is -2.32. The van der Waals surface area contributed by atoms with Gasteiger partial charge in [0.2, 0.25) is 6.41 Å². The molecule has 1 rings (SSSR count). The molecule has 11 heavy (non-hydrogen) atoms. The van der Waals surface area contributed by atoms with Gasteiger partial charge in [0.1, 0.15) is 0 Å². The summed E-state index contributed by atoms with van der Waals surface area (Å²) in [7, 11) is 1.78. The molecule has 0 fully saturated rings. The molecule has 1 aromatic rings. The molecule has 1 amide bonds. The van der Waals surface area contributed by atoms with Gasteiger partial charge in [-0.05, 0) is 12.1 Å². The van der Waals surface area contributed by atoms with Gasteiger partial charge in [-0.2, -0.15) is 0 Å². The van der Waals surface area contributed by atoms with Crippen LogP contribution in [0.3, 0.4) is 0 Å². The number of carbonyl (C=O) groups is 1. The van der Waals surface area contributed by atoms with Crippen molar-refractivity contribution in [1.82, 2.24) is 5.43 Å². The van der Waals surface area contributed by atoms with E-state index in [1.54, 1.807) is 12.1 Å². The fourth-order valence-electron chi connectivity index (χ4n) is 0.805. The molecule has 0 radical (unpaired) electrons. The standard InChI is InChI=1S/C8H10N2O/c1-10(9-7-11)8-5-3-2-4-6-8/h2-7H,1H3,(H,9,11). The zero-order chi connectivity index (χ0) is 8.10. The predicted molar refractivity (Wildman–Crippen MR) is 44.0 cm³/mol. The van der Waals surface area contributed by atoms with E-state index in [4.69, 9.17) is 0 Å². The van der Waals surface area contributed by atoms with Crippen LogP contribution in [0.25, 0.3) is 0 Å². The quantitative estimate of drug-likeness (QED) is 0.510. The van der Waals surface area contributed by atoms with Crippen molar-refractivity contribution in [3.05, 3.63) is 30.3 Å². The van der Waals surface area contributed by atoms with Crippen molar-refractivity contribution in [2.24, 2.45) is 0 Å². The molecule has 0 saturated carbocycles. The Bertz CT molecular complexity index is 223. The molecule has 0 aliphatic rings. The summed E-state index contributed by atoms with van der Waals surface area (Å²) in [5, 5.41) is 1.65. The Labute approximate surface area is 65.6 Å². The van der Waals surface area contributed by atoms with Gasteiger partial charge >= 0.3 is 0 Å². The Morgan fingerprint density at radius 2 is 2.00 bits per heavy atom. The molecule has 1 N–H and O–H groups in total. The largest absolute Gasteiger partial charge is 0.289 e. The molecule has 0 bridgehead atoms. The molecule has 0 aromatic heterocycles. The van der Waals surface area contributed by atoms with E-state index >= 15 is 0 Å². The molecule has 0 aliphatic carbocycles. The minimum atomic E-state index is 0.646. The maximum atomic E-state index is 10.0. The third-order valence-electron chi connectivity index (χ3n) is 1.39. The Morgan fingerprint density at radius 3 is 2.55 bits per heavy atom. The number of hydrazine groups is 1. The summed E-state index contributed by atoms with van der Waals surface area (Å²) < 4.78 is 0. The van der Waals surface area contributed by atoms with Gasteiger partial charge in [0, 0.05) is 7.05 Å². The lowest BCUT2D eigenvalue weighted by molar-refractivity contribution is -0.109. The van der Waals surface area contributed by atoms with Crippen LogP contribution in [0.1, 0.15) is 0 Å². The summed E-state index contributed by atoms with van der Waals surface area (Å²) in [5.74, 6) is 0. The molecule has 0 saturated heterocycles. The highest BCUT2D eigenvalue weighted by molar-refractivity contribution is 5.54. The predicted octanol–water partition coefficient (Wildman–Crippen LogP) is 0.784. The van der Waals surface area contributed by atoms with Crippen LogP contribution in [0.5, 0.6) is 0 Å². The summed E-state index contributed by atoms with van der Waals surface area (Å²) in [6.45, 7) is 0. The molecule has 3 heteroatoms. The van der Waals surface area contributed by atoms with Gasteiger partial charge in [-0.3, -0.25) is 15.2 Å². The zero-order valence-corrected chi connectivity index (χ0v) is 6.32. The first-order valence-corrected chi connectivity index (χ1v) is 3.33. The van der Waals surface area contributed by atoms with Gasteiger partial charge in [-0.25, -0.2) is 0 Å². The summed E-state index contributed by atoms with van der Waals surface area (Å²) in [4.78, 5) is 10.0. The third-order valence-corrected chi connectivity index (χ3v) is 1.39. The lowest BCUT2D eigenvalue weighted by atomic mass is 10.3. The molecule has 0 aliphatic heterocycles. The summed E-state index contributed by atoms with van der Waals surface area (Å²) in [5.41, 5.74) is 3.47. The number of benzene rings is 1. The summed E-state index contributed by atoms with van der Waals surface area (Å²) in [6.07, 6.45) is 0.646. The maximum absolute atomic E-state index is 10.0. The van der Waals surface area contributed by atoms with Crippen molar-refractivity contribution < 1.29 is 4.79 Å². The first kappa shape index (κ1) is 7.60. The second-order valence-electron chi connectivity index (χ2n) is 2.14. The van der Waals surface area contributed by atoms with Crippen molar-refractivity contribution in [3.63, 3.8) is 0 Å². The lowest BCUT2D eigenvalue weighted by Gasteiger charge is -2.16. The van der Waals surface area contributed by atoms with E-state index in [0.717, 1.165) is 5.69 Å². The smallest absolute Gasteiger partial charge is 0.225 e. The van der Waals surface area contributed by atoms with E-state index in [-0.39, 0.29) is 0 Å². The topological polar surface area (TPSA) is 32.3 Å². The van der Waals surface area contributed by atoms with Gasteiger partial charge in [0.05, 0.1) is 5.69 Å². The molecule has 0 unspecified atom stereocenters. The maximum Gasteiger partial charge on any atom is 0.225 e. The number of amides is 1. The van der Waals surface area contributed by atoms with E-state index in [1.807, 2.05) is 30.3 Å². The van der Waals surface area contributed by atoms with Gasteiger partial charge in [-0.15, -0.1) is 0 Å². The number of rotatable bonds is 3. The molecule has 1 aromatic carbocycles. The Hall–Kier alpha value is -1.51. The molecule has 0 atom stereocenters. The van der Waals surface area contributed by atoms with Crippen molar-refractivity contribution in [2.75, 3.05) is 12.1 Å². The number of nitrogens with zero attached hydrogens (tertiary/aromatic N) is 1. The van der Waals surface area contributed by atoms with Crippen LogP contribution in [0.4, 0.5) is 5.69 Å². The molecular formula is C8H10N2O. The average Bonchev–Trinajstić information content (AvgIpc) is 2.07. The van der Waals surface area contributed by atoms with Crippen molar-refractivity contribution in [1.29, 1.82) is 0 Å². The van der Waals surface area contributed by atoms with Gasteiger partial charge < -0.3 is 0 Å². The van der Waals surface area contributed by atoms with Crippen molar-refractivity contribution >= 4 is 12.1 Å². The van der Waals surface area contributed by atoms with Crippen LogP contribution >= 0.6 is 0 Å². The highest BCUT2D eigenvalue weighted by Gasteiger charge is 1.94. The minimum absolute atomic E-state index is 0.646. The minimum Gasteiger partial charge on any atom is -0.289 e. The van der Waals surface area contributed by atoms with Gasteiger partial charge in [0.15, 0.2) is 0 Å². The fourth-order valence-corrected chi connectivity index (χ4v) is 0.805. The monoisotopic (exact) mass is 150 g/mol. The second-order valence-corrected chi connectivity index (χ2v) is 2.14. The van der Waals surface area contributed by atoms with E-state index in [0.29, 0.717) is 6.41 Å². The van der Waals surface area contributed by atoms with Crippen LogP contribution in [0, 0.1) is 0 Å². The average molecular weight is 150 g/mol. The highest BCUT2D eigenvalue weighted by Crippen LogP contribution is 2.07. The Morgan fingerprint density at radius 1 is 1.36 bits per heavy atom. The van der Waals surface area contributed by atoms with Gasteiger partial charge in [0.25, 0.3) is 0 Å².